The average Bonchev–Trinajstić information content (AvgIpc) is 3.40. The quantitative estimate of drug-likeness (QED) is 0.409. The lowest BCUT2D eigenvalue weighted by Crippen LogP contribution is -2.40. The molecule has 0 bridgehead atoms. The fourth-order valence-corrected chi connectivity index (χ4v) is 6.83. The Bertz CT molecular complexity index is 1630. The number of para-hydroxylation sites is 1. The van der Waals surface area contributed by atoms with Gasteiger partial charge in [0.05, 0.1) is 28.5 Å². The molecule has 0 N–H and O–H groups in total. The monoisotopic (exact) mass is 501 g/mol. The van der Waals surface area contributed by atoms with Crippen LogP contribution in [0.5, 0.6) is 5.75 Å². The van der Waals surface area contributed by atoms with E-state index in [1.807, 2.05) is 42.5 Å². The summed E-state index contributed by atoms with van der Waals surface area (Å²) in [6, 6.07) is 22.6. The van der Waals surface area contributed by atoms with Gasteiger partial charge in [0.2, 0.25) is 5.76 Å². The Balaban J connectivity index is 1.41. The number of rotatable bonds is 5. The summed E-state index contributed by atoms with van der Waals surface area (Å²) in [4.78, 5) is 28.7. The SMILES string of the molecule is O=C1c2oc3ccccc3c(=O)c2[C@H](c2ccc(OCc3ccccc3)cc2)N1[C@@H]1CCS(=O)(=O)C1. The van der Waals surface area contributed by atoms with Crippen molar-refractivity contribution in [3.63, 3.8) is 0 Å². The molecule has 2 atom stereocenters. The fraction of sp³-hybridized carbons (Fsp3) is 0.214. The predicted molar refractivity (Wildman–Crippen MR) is 135 cm³/mol. The topological polar surface area (TPSA) is 93.9 Å². The summed E-state index contributed by atoms with van der Waals surface area (Å²) in [5.74, 6) is 0.0597. The Morgan fingerprint density at radius 1 is 0.917 bits per heavy atom. The third-order valence-corrected chi connectivity index (χ3v) is 8.61. The molecular formula is C28H23NO6S. The van der Waals surface area contributed by atoms with Crippen LogP contribution in [0.3, 0.4) is 0 Å². The first-order valence-electron chi connectivity index (χ1n) is 11.8. The standard InChI is InChI=1S/C28H23NO6S/c30-26-22-8-4-5-9-23(22)35-27-24(26)25(29(28(27)31)20-14-15-36(32,33)17-20)19-10-12-21(13-11-19)34-16-18-6-2-1-3-7-18/h1-13,20,25H,14-17H2/t20-,25+/m1/s1. The van der Waals surface area contributed by atoms with Crippen molar-refractivity contribution in [2.45, 2.75) is 25.1 Å². The molecule has 4 aromatic rings. The van der Waals surface area contributed by atoms with Gasteiger partial charge in [0.1, 0.15) is 17.9 Å². The molecule has 0 unspecified atom stereocenters. The highest BCUT2D eigenvalue weighted by atomic mass is 32.2. The first-order chi connectivity index (χ1) is 17.4. The molecule has 182 valence electrons. The van der Waals surface area contributed by atoms with Crippen LogP contribution in [0.2, 0.25) is 0 Å². The van der Waals surface area contributed by atoms with E-state index in [0.717, 1.165) is 5.56 Å². The van der Waals surface area contributed by atoms with Crippen molar-refractivity contribution in [2.75, 3.05) is 11.5 Å². The number of hydrogen-bond acceptors (Lipinski definition) is 6. The molecule has 1 aromatic heterocycles. The molecule has 3 aromatic carbocycles. The van der Waals surface area contributed by atoms with Crippen molar-refractivity contribution in [3.05, 3.63) is 112 Å². The molecule has 3 heterocycles. The number of benzene rings is 3. The molecule has 1 saturated heterocycles. The van der Waals surface area contributed by atoms with E-state index in [1.54, 1.807) is 36.4 Å². The first-order valence-corrected chi connectivity index (χ1v) is 13.6. The lowest BCUT2D eigenvalue weighted by atomic mass is 9.97. The molecule has 2 aliphatic rings. The average molecular weight is 502 g/mol. The van der Waals surface area contributed by atoms with E-state index in [0.29, 0.717) is 35.3 Å². The highest BCUT2D eigenvalue weighted by molar-refractivity contribution is 7.91. The van der Waals surface area contributed by atoms with Crippen LogP contribution in [0.1, 0.15) is 39.7 Å². The Labute approximate surface area is 207 Å². The molecule has 0 spiro atoms. The van der Waals surface area contributed by atoms with Gasteiger partial charge in [-0.3, -0.25) is 9.59 Å². The summed E-state index contributed by atoms with van der Waals surface area (Å²) >= 11 is 0. The molecule has 36 heavy (non-hydrogen) atoms. The Morgan fingerprint density at radius 3 is 2.36 bits per heavy atom. The molecule has 6 rings (SSSR count). The fourth-order valence-electron chi connectivity index (χ4n) is 5.12. The van der Waals surface area contributed by atoms with Gasteiger partial charge in [0.15, 0.2) is 15.3 Å². The van der Waals surface area contributed by atoms with E-state index < -0.39 is 27.8 Å². The maximum atomic E-state index is 13.6. The van der Waals surface area contributed by atoms with Crippen LogP contribution in [0, 0.1) is 0 Å². The maximum Gasteiger partial charge on any atom is 0.291 e. The van der Waals surface area contributed by atoms with Crippen LogP contribution in [0.15, 0.2) is 88.1 Å². The Hall–Kier alpha value is -3.91. The molecule has 1 amide bonds. The smallest absolute Gasteiger partial charge is 0.291 e. The number of fused-ring (bicyclic) bond motifs is 2. The summed E-state index contributed by atoms with van der Waals surface area (Å²) in [5.41, 5.74) is 2.04. The second-order valence-corrected chi connectivity index (χ2v) is 11.4. The van der Waals surface area contributed by atoms with Gasteiger partial charge in [0, 0.05) is 6.04 Å². The number of carbonyl (C=O) groups is 1. The van der Waals surface area contributed by atoms with Gasteiger partial charge in [-0.15, -0.1) is 0 Å². The van der Waals surface area contributed by atoms with E-state index in [9.17, 15) is 18.0 Å². The first kappa shape index (κ1) is 22.5. The molecule has 1 fully saturated rings. The number of carbonyl (C=O) groups excluding carboxylic acids is 1. The van der Waals surface area contributed by atoms with Crippen LogP contribution in [0.4, 0.5) is 0 Å². The summed E-state index contributed by atoms with van der Waals surface area (Å²) in [6.07, 6.45) is 0.324. The Kier molecular flexibility index (Phi) is 5.41. The minimum atomic E-state index is -3.26. The molecule has 0 aliphatic carbocycles. The third-order valence-electron chi connectivity index (χ3n) is 6.86. The van der Waals surface area contributed by atoms with E-state index in [-0.39, 0.29) is 28.3 Å². The molecule has 2 aliphatic heterocycles. The van der Waals surface area contributed by atoms with Crippen LogP contribution < -0.4 is 10.2 Å². The van der Waals surface area contributed by atoms with E-state index >= 15 is 0 Å². The number of nitrogens with zero attached hydrogens (tertiary/aromatic N) is 1. The molecule has 0 saturated carbocycles. The minimum absolute atomic E-state index is 0.0140. The molecule has 8 heteroatoms. The van der Waals surface area contributed by atoms with Gasteiger partial charge < -0.3 is 14.1 Å². The number of hydrogen-bond donors (Lipinski definition) is 0. The lowest BCUT2D eigenvalue weighted by Gasteiger charge is -2.30. The highest BCUT2D eigenvalue weighted by Crippen LogP contribution is 2.41. The number of amides is 1. The van der Waals surface area contributed by atoms with Crippen molar-refractivity contribution in [2.24, 2.45) is 0 Å². The van der Waals surface area contributed by atoms with Gasteiger partial charge in [0.25, 0.3) is 5.91 Å². The van der Waals surface area contributed by atoms with Crippen molar-refractivity contribution in [1.82, 2.24) is 4.90 Å². The summed E-state index contributed by atoms with van der Waals surface area (Å²) in [7, 11) is -3.26. The summed E-state index contributed by atoms with van der Waals surface area (Å²) in [6.45, 7) is 0.409. The lowest BCUT2D eigenvalue weighted by molar-refractivity contribution is 0.0662. The van der Waals surface area contributed by atoms with Gasteiger partial charge in [-0.25, -0.2) is 8.42 Å². The van der Waals surface area contributed by atoms with Crippen LogP contribution >= 0.6 is 0 Å². The van der Waals surface area contributed by atoms with Crippen LogP contribution in [-0.2, 0) is 16.4 Å². The van der Waals surface area contributed by atoms with E-state index in [1.165, 1.54) is 4.90 Å². The second-order valence-electron chi connectivity index (χ2n) is 9.19. The number of sulfone groups is 1. The maximum absolute atomic E-state index is 13.6. The molecular weight excluding hydrogens is 478 g/mol. The second kappa shape index (κ2) is 8.64. The highest BCUT2D eigenvalue weighted by Gasteiger charge is 2.48. The normalized spacial score (nSPS) is 20.6. The predicted octanol–water partition coefficient (Wildman–Crippen LogP) is 4.10. The van der Waals surface area contributed by atoms with Gasteiger partial charge in [-0.1, -0.05) is 54.6 Å². The van der Waals surface area contributed by atoms with Crippen molar-refractivity contribution < 1.29 is 22.4 Å². The van der Waals surface area contributed by atoms with Crippen molar-refractivity contribution in [3.8, 4) is 5.75 Å². The third kappa shape index (κ3) is 3.87. The van der Waals surface area contributed by atoms with Gasteiger partial charge in [-0.05, 0) is 41.8 Å². The van der Waals surface area contributed by atoms with Crippen molar-refractivity contribution >= 4 is 26.7 Å². The van der Waals surface area contributed by atoms with Gasteiger partial charge in [-0.2, -0.15) is 0 Å². The summed E-state index contributed by atoms with van der Waals surface area (Å²) < 4.78 is 36.4. The minimum Gasteiger partial charge on any atom is -0.489 e. The zero-order valence-electron chi connectivity index (χ0n) is 19.3. The van der Waals surface area contributed by atoms with Crippen LogP contribution in [-0.4, -0.2) is 36.8 Å². The molecule has 0 radical (unpaired) electrons. The zero-order valence-corrected chi connectivity index (χ0v) is 20.1. The summed E-state index contributed by atoms with van der Waals surface area (Å²) in [5, 5.41) is 0.387. The molecule has 7 nitrogen and oxygen atoms in total. The van der Waals surface area contributed by atoms with E-state index in [4.69, 9.17) is 9.15 Å². The largest absolute Gasteiger partial charge is 0.489 e. The van der Waals surface area contributed by atoms with Crippen molar-refractivity contribution in [1.29, 1.82) is 0 Å². The number of ether oxygens (including phenoxy) is 1. The zero-order chi connectivity index (χ0) is 24.9. The van der Waals surface area contributed by atoms with E-state index in [2.05, 4.69) is 0 Å². The van der Waals surface area contributed by atoms with Gasteiger partial charge >= 0.3 is 0 Å². The Morgan fingerprint density at radius 2 is 1.64 bits per heavy atom. The van der Waals surface area contributed by atoms with Crippen LogP contribution in [0.25, 0.3) is 11.0 Å².